The normalized spacial score (nSPS) is 23.5. The van der Waals surface area contributed by atoms with Gasteiger partial charge in [-0.1, -0.05) is 0 Å². The molecule has 2 aliphatic carbocycles. The number of halogens is 2. The summed E-state index contributed by atoms with van der Waals surface area (Å²) in [6.07, 6.45) is 13.9. The Hall–Kier alpha value is 0.431. The molecule has 0 saturated heterocycles. The van der Waals surface area contributed by atoms with Crippen LogP contribution in [0, 0.1) is 5.41 Å². The molecule has 0 aromatic heterocycles. The van der Waals surface area contributed by atoms with Crippen molar-refractivity contribution in [1.82, 2.24) is 0 Å². The molecule has 0 N–H and O–H groups in total. The largest absolute Gasteiger partial charge is 1.00 e. The Labute approximate surface area is 179 Å². The number of hydrogen-bond donors (Lipinski definition) is 0. The topological polar surface area (TPSA) is 9.23 Å². The summed E-state index contributed by atoms with van der Waals surface area (Å²) < 4.78 is 8.36. The molecule has 0 radical (unpaired) electrons. The van der Waals surface area contributed by atoms with Gasteiger partial charge in [-0.15, -0.1) is 0 Å². The van der Waals surface area contributed by atoms with Gasteiger partial charge in [-0.2, -0.15) is 0 Å². The molecule has 1 unspecified atom stereocenters. The van der Waals surface area contributed by atoms with Crippen molar-refractivity contribution in [2.24, 2.45) is 5.41 Å². The molecule has 0 saturated carbocycles. The van der Waals surface area contributed by atoms with Gasteiger partial charge < -0.3 is 24.8 Å². The molecule has 0 aromatic carbocycles. The second-order valence-corrected chi connectivity index (χ2v) is 14.1. The van der Waals surface area contributed by atoms with E-state index < -0.39 is 8.07 Å². The molecule has 1 atom stereocenters. The van der Waals surface area contributed by atoms with Crippen molar-refractivity contribution < 1.29 is 50.0 Å². The maximum Gasteiger partial charge on any atom is -1.00 e. The first-order valence-corrected chi connectivity index (χ1v) is 12.5. The average Bonchev–Trinajstić information content (AvgIpc) is 2.84. The van der Waals surface area contributed by atoms with E-state index in [9.17, 15) is 0 Å². The molecule has 0 aromatic rings. The van der Waals surface area contributed by atoms with Gasteiger partial charge in [0.1, 0.15) is 0 Å². The molecule has 1 nitrogen and oxygen atoms in total. The zero-order valence-corrected chi connectivity index (χ0v) is 20.6. The van der Waals surface area contributed by atoms with Crippen molar-refractivity contribution in [3.05, 3.63) is 45.0 Å². The zero-order chi connectivity index (χ0) is 17.5. The van der Waals surface area contributed by atoms with Crippen molar-refractivity contribution in [2.75, 3.05) is 0 Å². The van der Waals surface area contributed by atoms with E-state index in [0.717, 1.165) is 12.8 Å². The van der Waals surface area contributed by atoms with Crippen molar-refractivity contribution in [1.29, 1.82) is 0 Å². The van der Waals surface area contributed by atoms with E-state index in [-0.39, 0.29) is 41.6 Å². The quantitative estimate of drug-likeness (QED) is 0.550. The van der Waals surface area contributed by atoms with Gasteiger partial charge in [0.15, 0.2) is 0 Å². The van der Waals surface area contributed by atoms with Gasteiger partial charge in [0.25, 0.3) is 0 Å². The van der Waals surface area contributed by atoms with Crippen molar-refractivity contribution in [2.45, 2.75) is 71.9 Å². The first-order chi connectivity index (χ1) is 10.5. The van der Waals surface area contributed by atoms with Gasteiger partial charge in [-0.3, -0.25) is 0 Å². The van der Waals surface area contributed by atoms with Crippen LogP contribution >= 0.6 is 0 Å². The summed E-state index contributed by atoms with van der Waals surface area (Å²) in [5.74, 6) is 0. The smallest absolute Gasteiger partial charge is 1.00 e. The molecule has 2 aliphatic rings. The molecule has 0 heterocycles. The molecule has 0 spiro atoms. The molecular formula is C20H31Cl2OSiTi. The van der Waals surface area contributed by atoms with Crippen LogP contribution in [0.2, 0.25) is 13.1 Å². The minimum Gasteiger partial charge on any atom is -1.00 e. The Morgan fingerprint density at radius 2 is 1.76 bits per heavy atom. The third-order valence-electron chi connectivity index (χ3n) is 5.10. The SMILES string of the molecule is CC(C)OC1([Si](C)(C)C2=[C]([Ti+2])CC=C2)CC=CC=C1C(C)(C)C.[Cl-].[Cl-]. The molecule has 0 fully saturated rings. The molecule has 2 rings (SSSR count). The van der Waals surface area contributed by atoms with E-state index in [1.54, 1.807) is 5.20 Å². The summed E-state index contributed by atoms with van der Waals surface area (Å²) in [5.41, 5.74) is 1.58. The molecule has 25 heavy (non-hydrogen) atoms. The minimum atomic E-state index is -1.87. The van der Waals surface area contributed by atoms with Crippen LogP contribution in [0.4, 0.5) is 0 Å². The number of hydrogen-bond acceptors (Lipinski definition) is 1. The van der Waals surface area contributed by atoms with Crippen LogP contribution in [0.1, 0.15) is 47.5 Å². The van der Waals surface area contributed by atoms with Crippen LogP contribution in [0.25, 0.3) is 0 Å². The first-order valence-electron chi connectivity index (χ1n) is 8.70. The number of rotatable bonds is 4. The van der Waals surface area contributed by atoms with E-state index >= 15 is 0 Å². The maximum absolute atomic E-state index is 6.82. The first kappa shape index (κ1) is 25.4. The third kappa shape index (κ3) is 4.83. The standard InChI is InChI=1S/C20H31OSi.2ClH.Ti/c1-16(2)21-20(22(6,7)17-12-8-9-13-17)15-11-10-14-18(20)19(3,4)5;;;/h8,10-12,14,16H,9,15H2,1-7H3;2*1H;/q;;;+2/p-2. The summed E-state index contributed by atoms with van der Waals surface area (Å²) in [7, 11) is -1.87. The van der Waals surface area contributed by atoms with Crippen LogP contribution in [0.5, 0.6) is 0 Å². The summed E-state index contributed by atoms with van der Waals surface area (Å²) in [6, 6.07) is 0. The summed E-state index contributed by atoms with van der Waals surface area (Å²) in [6.45, 7) is 16.3. The Balaban J connectivity index is 0.00000288. The summed E-state index contributed by atoms with van der Waals surface area (Å²) in [5, 5.41) is 1.43. The van der Waals surface area contributed by atoms with Gasteiger partial charge in [-0.25, -0.2) is 0 Å². The molecule has 0 aliphatic heterocycles. The molecular weight excluding hydrogens is 403 g/mol. The summed E-state index contributed by atoms with van der Waals surface area (Å²) in [4.78, 5) is 0. The van der Waals surface area contributed by atoms with Gasteiger partial charge in [0.2, 0.25) is 0 Å². The molecule has 5 heteroatoms. The average molecular weight is 434 g/mol. The van der Waals surface area contributed by atoms with E-state index in [1.807, 2.05) is 0 Å². The summed E-state index contributed by atoms with van der Waals surface area (Å²) >= 11 is 2.30. The van der Waals surface area contributed by atoms with Crippen LogP contribution in [-0.4, -0.2) is 19.4 Å². The second kappa shape index (κ2) is 9.08. The fraction of sp³-hybridized carbons (Fsp3) is 0.600. The van der Waals surface area contributed by atoms with E-state index in [4.69, 9.17) is 4.74 Å². The second-order valence-electron chi connectivity index (χ2n) is 8.58. The van der Waals surface area contributed by atoms with Gasteiger partial charge in [-0.05, 0) is 0 Å². The van der Waals surface area contributed by atoms with E-state index in [1.165, 1.54) is 9.45 Å². The fourth-order valence-electron chi connectivity index (χ4n) is 4.06. The molecule has 139 valence electrons. The third-order valence-corrected chi connectivity index (χ3v) is 10.7. The van der Waals surface area contributed by atoms with Gasteiger partial charge >= 0.3 is 156 Å². The Bertz CT molecular complexity index is 597. The zero-order valence-electron chi connectivity index (χ0n) is 16.5. The minimum absolute atomic E-state index is 0. The van der Waals surface area contributed by atoms with Crippen molar-refractivity contribution in [3.8, 4) is 0 Å². The van der Waals surface area contributed by atoms with Crippen LogP contribution in [0.3, 0.4) is 0 Å². The van der Waals surface area contributed by atoms with E-state index in [2.05, 4.69) is 98.5 Å². The monoisotopic (exact) mass is 433 g/mol. The number of ether oxygens (including phenoxy) is 1. The molecule has 0 bridgehead atoms. The predicted molar refractivity (Wildman–Crippen MR) is 98.5 cm³/mol. The molecule has 0 amide bonds. The van der Waals surface area contributed by atoms with Gasteiger partial charge in [0.05, 0.1) is 0 Å². The van der Waals surface area contributed by atoms with Crippen LogP contribution < -0.4 is 24.8 Å². The number of allylic oxidation sites excluding steroid dienone is 6. The Morgan fingerprint density at radius 1 is 1.16 bits per heavy atom. The van der Waals surface area contributed by atoms with Crippen LogP contribution in [-0.2, 0) is 25.2 Å². The fourth-order valence-corrected chi connectivity index (χ4v) is 9.95. The van der Waals surface area contributed by atoms with Crippen molar-refractivity contribution >= 4 is 8.07 Å². The Kier molecular flexibility index (Phi) is 9.24. The van der Waals surface area contributed by atoms with Crippen LogP contribution in [0.15, 0.2) is 45.0 Å². The van der Waals surface area contributed by atoms with E-state index in [0.29, 0.717) is 0 Å². The van der Waals surface area contributed by atoms with Crippen molar-refractivity contribution in [3.63, 3.8) is 0 Å². The predicted octanol–water partition coefficient (Wildman–Crippen LogP) is -0.362. The van der Waals surface area contributed by atoms with Gasteiger partial charge in [0, 0.05) is 0 Å². The maximum atomic E-state index is 6.82. The Morgan fingerprint density at radius 3 is 2.20 bits per heavy atom.